The Hall–Kier alpha value is -2.54. The highest BCUT2D eigenvalue weighted by molar-refractivity contribution is 5.74. The summed E-state index contributed by atoms with van der Waals surface area (Å²) in [4.78, 5) is 29.4. The largest absolute Gasteiger partial charge is 0.493 e. The molecular formula is C42H65NO6. The second kappa shape index (κ2) is 18.1. The molecule has 4 atom stereocenters. The fraction of sp³-hybridized carbons (Fsp3) is 0.762. The average molecular weight is 680 g/mol. The van der Waals surface area contributed by atoms with Gasteiger partial charge in [0.05, 0.1) is 18.6 Å². The van der Waals surface area contributed by atoms with Gasteiger partial charge in [0.2, 0.25) is 0 Å². The third-order valence-electron chi connectivity index (χ3n) is 12.0. The molecule has 2 aliphatic carbocycles. The minimum absolute atomic E-state index is 0.00161. The number of likely N-dealkylation sites (tertiary alicyclic amines) is 1. The van der Waals surface area contributed by atoms with Crippen molar-refractivity contribution in [2.24, 2.45) is 0 Å². The summed E-state index contributed by atoms with van der Waals surface area (Å²) in [5, 5.41) is 0. The molecule has 1 spiro atoms. The Kier molecular flexibility index (Phi) is 13.9. The van der Waals surface area contributed by atoms with Crippen molar-refractivity contribution in [3.8, 4) is 11.5 Å². The van der Waals surface area contributed by atoms with Crippen LogP contribution in [-0.2, 0) is 30.9 Å². The third kappa shape index (κ3) is 8.18. The quantitative estimate of drug-likeness (QED) is 0.0842. The molecule has 1 saturated heterocycles. The molecule has 274 valence electrons. The van der Waals surface area contributed by atoms with Gasteiger partial charge in [0.25, 0.3) is 0 Å². The third-order valence-corrected chi connectivity index (χ3v) is 12.0. The zero-order valence-electron chi connectivity index (χ0n) is 31.3. The molecule has 1 fully saturated rings. The summed E-state index contributed by atoms with van der Waals surface area (Å²) in [5.41, 5.74) is 0.858. The minimum Gasteiger partial charge on any atom is -0.493 e. The van der Waals surface area contributed by atoms with E-state index in [1.165, 1.54) is 89.0 Å². The number of likely N-dealkylation sites (N-methyl/N-ethyl adjacent to an activating group) is 1. The van der Waals surface area contributed by atoms with Crippen LogP contribution in [-0.4, -0.2) is 55.3 Å². The van der Waals surface area contributed by atoms with Crippen LogP contribution in [0.4, 0.5) is 0 Å². The molecular weight excluding hydrogens is 614 g/mol. The Morgan fingerprint density at radius 1 is 0.816 bits per heavy atom. The Labute approximate surface area is 296 Å². The van der Waals surface area contributed by atoms with E-state index in [0.29, 0.717) is 30.8 Å². The Morgan fingerprint density at radius 2 is 1.39 bits per heavy atom. The first-order valence-electron chi connectivity index (χ1n) is 20.1. The zero-order chi connectivity index (χ0) is 34.7. The lowest BCUT2D eigenvalue weighted by atomic mass is 9.50. The van der Waals surface area contributed by atoms with Crippen LogP contribution in [0.3, 0.4) is 0 Å². The fourth-order valence-electron chi connectivity index (χ4n) is 9.35. The number of benzene rings is 1. The van der Waals surface area contributed by atoms with Crippen molar-refractivity contribution >= 4 is 11.9 Å². The molecule has 4 unspecified atom stereocenters. The van der Waals surface area contributed by atoms with Gasteiger partial charge >= 0.3 is 11.9 Å². The summed E-state index contributed by atoms with van der Waals surface area (Å²) in [6.07, 6.45) is 26.0. The summed E-state index contributed by atoms with van der Waals surface area (Å²) in [6, 6.07) is 4.14. The van der Waals surface area contributed by atoms with Crippen LogP contribution in [0.15, 0.2) is 24.0 Å². The van der Waals surface area contributed by atoms with Crippen LogP contribution in [0, 0.1) is 0 Å². The second-order valence-corrected chi connectivity index (χ2v) is 15.4. The normalized spacial score (nSPS) is 24.9. The van der Waals surface area contributed by atoms with E-state index in [2.05, 4.69) is 31.9 Å². The first kappa shape index (κ1) is 37.7. The average Bonchev–Trinajstić information content (AvgIpc) is 3.45. The van der Waals surface area contributed by atoms with Crippen LogP contribution in [0.25, 0.3) is 0 Å². The van der Waals surface area contributed by atoms with Gasteiger partial charge in [-0.25, -0.2) is 0 Å². The van der Waals surface area contributed by atoms with Gasteiger partial charge < -0.3 is 18.9 Å². The number of carbonyl (C=O) groups excluding carboxylic acids is 2. The van der Waals surface area contributed by atoms with Crippen LogP contribution in [0.5, 0.6) is 11.5 Å². The molecule has 7 nitrogen and oxygen atoms in total. The molecule has 2 heterocycles. The van der Waals surface area contributed by atoms with E-state index in [1.807, 2.05) is 12.1 Å². The van der Waals surface area contributed by atoms with Gasteiger partial charge in [0.1, 0.15) is 11.4 Å². The number of hydrogen-bond donors (Lipinski definition) is 0. The number of carbonyl (C=O) groups is 2. The molecule has 0 N–H and O–H groups in total. The molecule has 4 aliphatic rings. The molecule has 2 aliphatic heterocycles. The number of rotatable bonds is 23. The summed E-state index contributed by atoms with van der Waals surface area (Å²) in [7, 11) is 3.82. The van der Waals surface area contributed by atoms with E-state index in [1.54, 1.807) is 7.11 Å². The van der Waals surface area contributed by atoms with E-state index in [-0.39, 0.29) is 18.0 Å². The predicted octanol–water partition coefficient (Wildman–Crippen LogP) is 9.91. The van der Waals surface area contributed by atoms with Gasteiger partial charge in [0.15, 0.2) is 17.6 Å². The van der Waals surface area contributed by atoms with Crippen molar-refractivity contribution in [1.82, 2.24) is 4.90 Å². The van der Waals surface area contributed by atoms with Gasteiger partial charge in [-0.1, -0.05) is 123 Å². The van der Waals surface area contributed by atoms with Crippen molar-refractivity contribution in [3.63, 3.8) is 0 Å². The highest BCUT2D eigenvalue weighted by Crippen LogP contribution is 2.66. The van der Waals surface area contributed by atoms with Crippen LogP contribution in [0.1, 0.15) is 166 Å². The van der Waals surface area contributed by atoms with Crippen molar-refractivity contribution in [2.75, 3.05) is 20.7 Å². The summed E-state index contributed by atoms with van der Waals surface area (Å²) in [5.74, 6) is 1.64. The predicted molar refractivity (Wildman–Crippen MR) is 195 cm³/mol. The summed E-state index contributed by atoms with van der Waals surface area (Å²) in [6.45, 7) is 5.35. The standard InChI is InChI=1S/C42H65NO6/c1-5-7-9-11-13-15-17-19-21-23-36(44)47-34-27-28-42(49-37(45)24-22-20-18-16-14-12-10-8-6-2)35-31-32-25-26-33(46-4)39-38(32)41(42,40(34)48-39)29-30-43(35)3/h25-27,35,40H,5-24,28-31H2,1-4H3. The number of ether oxygens (including phenoxy) is 4. The molecule has 2 bridgehead atoms. The summed E-state index contributed by atoms with van der Waals surface area (Å²) >= 11 is 0. The van der Waals surface area contributed by atoms with E-state index in [0.717, 1.165) is 62.8 Å². The van der Waals surface area contributed by atoms with Crippen LogP contribution < -0.4 is 9.47 Å². The molecule has 0 aromatic heterocycles. The monoisotopic (exact) mass is 679 g/mol. The zero-order valence-corrected chi connectivity index (χ0v) is 31.3. The van der Waals surface area contributed by atoms with Crippen molar-refractivity contribution in [1.29, 1.82) is 0 Å². The fourth-order valence-corrected chi connectivity index (χ4v) is 9.35. The molecule has 0 radical (unpaired) electrons. The smallest absolute Gasteiger partial charge is 0.310 e. The van der Waals surface area contributed by atoms with Gasteiger partial charge in [-0.15, -0.1) is 0 Å². The topological polar surface area (TPSA) is 74.3 Å². The van der Waals surface area contributed by atoms with Crippen molar-refractivity contribution in [2.45, 2.75) is 185 Å². The van der Waals surface area contributed by atoms with Gasteiger partial charge in [-0.05, 0) is 57.0 Å². The van der Waals surface area contributed by atoms with Gasteiger partial charge in [-0.3, -0.25) is 14.5 Å². The maximum Gasteiger partial charge on any atom is 0.310 e. The van der Waals surface area contributed by atoms with Gasteiger partial charge in [0, 0.05) is 24.8 Å². The molecule has 1 aromatic carbocycles. The van der Waals surface area contributed by atoms with E-state index in [9.17, 15) is 9.59 Å². The first-order chi connectivity index (χ1) is 23.9. The second-order valence-electron chi connectivity index (χ2n) is 15.4. The number of hydrogen-bond acceptors (Lipinski definition) is 7. The molecule has 5 rings (SSSR count). The summed E-state index contributed by atoms with van der Waals surface area (Å²) < 4.78 is 25.7. The van der Waals surface area contributed by atoms with Crippen molar-refractivity contribution in [3.05, 3.63) is 35.1 Å². The number of unbranched alkanes of at least 4 members (excludes halogenated alkanes) is 16. The van der Waals surface area contributed by atoms with E-state index < -0.39 is 17.1 Å². The molecule has 0 saturated carbocycles. The van der Waals surface area contributed by atoms with E-state index in [4.69, 9.17) is 18.9 Å². The number of piperidine rings is 1. The highest BCUT2D eigenvalue weighted by Gasteiger charge is 2.74. The lowest BCUT2D eigenvalue weighted by Crippen LogP contribution is -2.75. The SMILES string of the molecule is CCCCCCCCCCCC(=O)OC1=CCC2(OC(=O)CCCCCCCCCCC)C3Cc4ccc(OC)c5c4C2(CCN3C)C1O5. The lowest BCUT2D eigenvalue weighted by molar-refractivity contribution is -0.206. The molecule has 0 amide bonds. The Balaban J connectivity index is 1.27. The van der Waals surface area contributed by atoms with Crippen LogP contribution in [0.2, 0.25) is 0 Å². The molecule has 1 aromatic rings. The highest BCUT2D eigenvalue weighted by atomic mass is 16.6. The molecule has 49 heavy (non-hydrogen) atoms. The first-order valence-corrected chi connectivity index (χ1v) is 20.1. The number of nitrogens with zero attached hydrogens (tertiary/aromatic N) is 1. The maximum atomic E-state index is 13.8. The number of methoxy groups -OCH3 is 1. The Bertz CT molecular complexity index is 1280. The van der Waals surface area contributed by atoms with Crippen LogP contribution >= 0.6 is 0 Å². The van der Waals surface area contributed by atoms with Crippen molar-refractivity contribution < 1.29 is 28.5 Å². The van der Waals surface area contributed by atoms with E-state index >= 15 is 0 Å². The maximum absolute atomic E-state index is 13.8. The Morgan fingerprint density at radius 3 is 1.98 bits per heavy atom. The number of esters is 2. The molecule has 7 heteroatoms. The lowest BCUT2D eigenvalue weighted by Gasteiger charge is -2.62. The van der Waals surface area contributed by atoms with Gasteiger partial charge in [-0.2, -0.15) is 0 Å². The minimum atomic E-state index is -0.807.